The minimum Gasteiger partial charge on any atom is -0.387 e. The number of halogens is 3. The van der Waals surface area contributed by atoms with Gasteiger partial charge in [-0.05, 0) is 48.3 Å². The molecular weight excluding hydrogens is 301 g/mol. The number of piperidine rings is 1. The standard InChI is InChI=1S/C14H21F3N2OS/c15-14(16,17)4-7-19-5-1-12(2-6-19)18-9-13(20)11-3-8-21-10-11/h3,8,10,12-13,18,20H,1-2,4-7,9H2. The summed E-state index contributed by atoms with van der Waals surface area (Å²) >= 11 is 1.55. The van der Waals surface area contributed by atoms with Crippen molar-refractivity contribution >= 4 is 11.3 Å². The average Bonchev–Trinajstić information content (AvgIpc) is 2.97. The Kier molecular flexibility index (Phi) is 6.04. The maximum absolute atomic E-state index is 12.2. The molecule has 1 aliphatic heterocycles. The summed E-state index contributed by atoms with van der Waals surface area (Å²) in [4.78, 5) is 1.86. The molecular formula is C14H21F3N2OS. The number of hydrogen-bond donors (Lipinski definition) is 2. The van der Waals surface area contributed by atoms with E-state index < -0.39 is 18.7 Å². The van der Waals surface area contributed by atoms with Crippen LogP contribution in [0, 0.1) is 0 Å². The van der Waals surface area contributed by atoms with Gasteiger partial charge in [0.2, 0.25) is 0 Å². The molecule has 3 nitrogen and oxygen atoms in total. The van der Waals surface area contributed by atoms with Gasteiger partial charge in [-0.1, -0.05) is 0 Å². The van der Waals surface area contributed by atoms with Crippen molar-refractivity contribution in [3.05, 3.63) is 22.4 Å². The highest BCUT2D eigenvalue weighted by Crippen LogP contribution is 2.21. The zero-order chi connectivity index (χ0) is 15.3. The fourth-order valence-electron chi connectivity index (χ4n) is 2.51. The number of aliphatic hydroxyl groups is 1. The summed E-state index contributed by atoms with van der Waals surface area (Å²) in [7, 11) is 0. The van der Waals surface area contributed by atoms with Gasteiger partial charge in [-0.15, -0.1) is 0 Å². The van der Waals surface area contributed by atoms with Crippen molar-refractivity contribution in [3.63, 3.8) is 0 Å². The Hall–Kier alpha value is -0.630. The third-order valence-corrected chi connectivity index (χ3v) is 4.53. The summed E-state index contributed by atoms with van der Waals surface area (Å²) < 4.78 is 36.5. The monoisotopic (exact) mass is 322 g/mol. The van der Waals surface area contributed by atoms with E-state index in [-0.39, 0.29) is 12.6 Å². The van der Waals surface area contributed by atoms with Crippen molar-refractivity contribution in [2.45, 2.75) is 37.6 Å². The Bertz CT molecular complexity index is 403. The summed E-state index contributed by atoms with van der Waals surface area (Å²) in [6, 6.07) is 2.18. The molecule has 0 aliphatic carbocycles. The molecule has 120 valence electrons. The molecule has 0 amide bonds. The topological polar surface area (TPSA) is 35.5 Å². The van der Waals surface area contributed by atoms with Crippen LogP contribution in [0.25, 0.3) is 0 Å². The van der Waals surface area contributed by atoms with Crippen molar-refractivity contribution in [2.75, 3.05) is 26.2 Å². The molecule has 0 saturated carbocycles. The van der Waals surface area contributed by atoms with Crippen LogP contribution in [0.15, 0.2) is 16.8 Å². The first-order valence-electron chi connectivity index (χ1n) is 7.17. The highest BCUT2D eigenvalue weighted by molar-refractivity contribution is 7.07. The summed E-state index contributed by atoms with van der Waals surface area (Å²) in [6.07, 6.45) is -3.66. The van der Waals surface area contributed by atoms with Crippen molar-refractivity contribution < 1.29 is 18.3 Å². The molecule has 1 aliphatic rings. The average molecular weight is 322 g/mol. The fraction of sp³-hybridized carbons (Fsp3) is 0.714. The minimum atomic E-state index is -4.07. The van der Waals surface area contributed by atoms with E-state index in [0.29, 0.717) is 19.6 Å². The number of hydrogen-bond acceptors (Lipinski definition) is 4. The zero-order valence-corrected chi connectivity index (χ0v) is 12.6. The van der Waals surface area contributed by atoms with E-state index in [4.69, 9.17) is 0 Å². The summed E-state index contributed by atoms with van der Waals surface area (Å²) in [5, 5.41) is 17.1. The van der Waals surface area contributed by atoms with E-state index in [1.807, 2.05) is 21.7 Å². The van der Waals surface area contributed by atoms with Gasteiger partial charge in [0.25, 0.3) is 0 Å². The SMILES string of the molecule is OC(CNC1CCN(CCC(F)(F)F)CC1)c1ccsc1. The predicted octanol–water partition coefficient (Wildman–Crippen LogP) is 2.79. The molecule has 21 heavy (non-hydrogen) atoms. The van der Waals surface area contributed by atoms with Crippen LogP contribution in [-0.2, 0) is 0 Å². The Labute approximate surface area is 126 Å². The number of aliphatic hydroxyl groups excluding tert-OH is 1. The molecule has 0 bridgehead atoms. The van der Waals surface area contributed by atoms with Gasteiger partial charge in [0.1, 0.15) is 0 Å². The van der Waals surface area contributed by atoms with Crippen LogP contribution in [0.3, 0.4) is 0 Å². The van der Waals surface area contributed by atoms with Gasteiger partial charge in [0.05, 0.1) is 12.5 Å². The Balaban J connectivity index is 1.63. The number of rotatable bonds is 6. The highest BCUT2D eigenvalue weighted by atomic mass is 32.1. The molecule has 1 aromatic rings. The van der Waals surface area contributed by atoms with E-state index in [2.05, 4.69) is 5.32 Å². The van der Waals surface area contributed by atoms with Crippen molar-refractivity contribution in [2.24, 2.45) is 0 Å². The maximum atomic E-state index is 12.2. The second-order valence-electron chi connectivity index (χ2n) is 5.46. The van der Waals surface area contributed by atoms with Gasteiger partial charge >= 0.3 is 6.18 Å². The smallest absolute Gasteiger partial charge is 0.387 e. The van der Waals surface area contributed by atoms with Gasteiger partial charge in [-0.2, -0.15) is 24.5 Å². The van der Waals surface area contributed by atoms with Gasteiger partial charge in [0.15, 0.2) is 0 Å². The van der Waals surface area contributed by atoms with Gasteiger partial charge in [0, 0.05) is 19.1 Å². The number of alkyl halides is 3. The lowest BCUT2D eigenvalue weighted by Crippen LogP contribution is -2.44. The number of nitrogens with one attached hydrogen (secondary N) is 1. The van der Waals surface area contributed by atoms with E-state index in [0.717, 1.165) is 18.4 Å². The van der Waals surface area contributed by atoms with Crippen molar-refractivity contribution in [1.82, 2.24) is 10.2 Å². The summed E-state index contributed by atoms with van der Waals surface area (Å²) in [5.74, 6) is 0. The molecule has 1 aromatic heterocycles. The molecule has 1 unspecified atom stereocenters. The second kappa shape index (κ2) is 7.58. The lowest BCUT2D eigenvalue weighted by molar-refractivity contribution is -0.138. The molecule has 1 atom stereocenters. The van der Waals surface area contributed by atoms with Gasteiger partial charge in [-0.25, -0.2) is 0 Å². The minimum absolute atomic E-state index is 0.0910. The van der Waals surface area contributed by atoms with Gasteiger partial charge < -0.3 is 15.3 Å². The first kappa shape index (κ1) is 16.7. The number of likely N-dealkylation sites (tertiary alicyclic amines) is 1. The van der Waals surface area contributed by atoms with Crippen LogP contribution >= 0.6 is 11.3 Å². The Morgan fingerprint density at radius 1 is 1.38 bits per heavy atom. The lowest BCUT2D eigenvalue weighted by atomic mass is 10.0. The third-order valence-electron chi connectivity index (χ3n) is 3.83. The highest BCUT2D eigenvalue weighted by Gasteiger charge is 2.29. The Morgan fingerprint density at radius 3 is 2.67 bits per heavy atom. The van der Waals surface area contributed by atoms with E-state index in [1.165, 1.54) is 0 Å². The third kappa shape index (κ3) is 5.94. The Morgan fingerprint density at radius 2 is 2.10 bits per heavy atom. The number of thiophene rings is 1. The van der Waals surface area contributed by atoms with E-state index in [9.17, 15) is 18.3 Å². The zero-order valence-electron chi connectivity index (χ0n) is 11.8. The van der Waals surface area contributed by atoms with E-state index >= 15 is 0 Å². The fourth-order valence-corrected chi connectivity index (χ4v) is 3.21. The molecule has 0 aromatic carbocycles. The normalized spacial score (nSPS) is 19.8. The largest absolute Gasteiger partial charge is 0.390 e. The summed E-state index contributed by atoms with van der Waals surface area (Å²) in [6.45, 7) is 1.95. The van der Waals surface area contributed by atoms with Crippen LogP contribution in [0.2, 0.25) is 0 Å². The molecule has 1 fully saturated rings. The van der Waals surface area contributed by atoms with Crippen LogP contribution < -0.4 is 5.32 Å². The van der Waals surface area contributed by atoms with Crippen LogP contribution in [-0.4, -0.2) is 48.4 Å². The first-order valence-corrected chi connectivity index (χ1v) is 8.11. The van der Waals surface area contributed by atoms with Crippen molar-refractivity contribution in [3.8, 4) is 0 Å². The predicted molar refractivity (Wildman–Crippen MR) is 77.4 cm³/mol. The maximum Gasteiger partial charge on any atom is 0.390 e. The molecule has 2 N–H and O–H groups in total. The molecule has 0 radical (unpaired) electrons. The van der Waals surface area contributed by atoms with Crippen LogP contribution in [0.5, 0.6) is 0 Å². The molecule has 2 heterocycles. The molecule has 1 saturated heterocycles. The van der Waals surface area contributed by atoms with Crippen LogP contribution in [0.4, 0.5) is 13.2 Å². The van der Waals surface area contributed by atoms with E-state index in [1.54, 1.807) is 11.3 Å². The lowest BCUT2D eigenvalue weighted by Gasteiger charge is -2.33. The van der Waals surface area contributed by atoms with Crippen molar-refractivity contribution in [1.29, 1.82) is 0 Å². The number of nitrogens with zero attached hydrogens (tertiary/aromatic N) is 1. The quantitative estimate of drug-likeness (QED) is 0.845. The molecule has 2 rings (SSSR count). The summed E-state index contributed by atoms with van der Waals surface area (Å²) in [5.41, 5.74) is 0.912. The second-order valence-corrected chi connectivity index (χ2v) is 6.24. The van der Waals surface area contributed by atoms with Gasteiger partial charge in [-0.3, -0.25) is 0 Å². The molecule has 7 heteroatoms. The molecule has 0 spiro atoms. The van der Waals surface area contributed by atoms with Crippen LogP contribution in [0.1, 0.15) is 30.9 Å². The first-order chi connectivity index (χ1) is 9.94.